The minimum atomic E-state index is -0.399. The van der Waals surface area contributed by atoms with Crippen molar-refractivity contribution in [2.45, 2.75) is 20.0 Å². The molecule has 0 aliphatic rings. The van der Waals surface area contributed by atoms with Gasteiger partial charge in [-0.1, -0.05) is 60.7 Å². The van der Waals surface area contributed by atoms with E-state index in [1.807, 2.05) is 60.7 Å². The molecule has 0 fully saturated rings. The first kappa shape index (κ1) is 18.3. The molecule has 0 unspecified atom stereocenters. The molecule has 1 amide bonds. The zero-order valence-electron chi connectivity index (χ0n) is 15.0. The van der Waals surface area contributed by atoms with Crippen molar-refractivity contribution in [2.24, 2.45) is 0 Å². The van der Waals surface area contributed by atoms with E-state index in [-0.39, 0.29) is 12.1 Å². The van der Waals surface area contributed by atoms with Crippen molar-refractivity contribution in [1.82, 2.24) is 4.57 Å². The van der Waals surface area contributed by atoms with Gasteiger partial charge in [0.15, 0.2) is 6.29 Å². The molecule has 0 atom stereocenters. The predicted octanol–water partition coefficient (Wildman–Crippen LogP) is 3.18. The van der Waals surface area contributed by atoms with Gasteiger partial charge in [-0.25, -0.2) is 0 Å². The second-order valence-electron chi connectivity index (χ2n) is 6.30. The third-order valence-electron chi connectivity index (χ3n) is 4.46. The minimum Gasteiger partial charge on any atom is -0.310 e. The smallest absolute Gasteiger partial charge is 0.263 e. The van der Waals surface area contributed by atoms with Crippen molar-refractivity contribution in [2.75, 3.05) is 4.90 Å². The Bertz CT molecular complexity index is 995. The third-order valence-corrected chi connectivity index (χ3v) is 4.46. The van der Waals surface area contributed by atoms with Gasteiger partial charge < -0.3 is 9.47 Å². The number of anilines is 1. The maximum atomic E-state index is 12.9. The summed E-state index contributed by atoms with van der Waals surface area (Å²) in [7, 11) is 0. The molecule has 0 aliphatic carbocycles. The highest BCUT2D eigenvalue weighted by Crippen LogP contribution is 2.20. The highest BCUT2D eigenvalue weighted by Gasteiger charge is 2.18. The Morgan fingerprint density at radius 2 is 1.52 bits per heavy atom. The van der Waals surface area contributed by atoms with Crippen LogP contribution in [-0.4, -0.2) is 17.3 Å². The summed E-state index contributed by atoms with van der Waals surface area (Å²) in [5, 5.41) is 0. The van der Waals surface area contributed by atoms with Crippen molar-refractivity contribution in [3.05, 3.63) is 99.5 Å². The van der Waals surface area contributed by atoms with Crippen LogP contribution in [0, 0.1) is 6.92 Å². The number of aldehydes is 1. The summed E-state index contributed by atoms with van der Waals surface area (Å²) in [6.07, 6.45) is 1.18. The standard InChI is InChI=1S/C22H20N2O3/c1-17-12-21(23(16-26)13-18-8-4-2-5-9-18)20(15-25)22(27)24(17)14-19-10-6-3-7-11-19/h2-12,15-16H,13-14H2,1H3. The number of benzene rings is 2. The first-order chi connectivity index (χ1) is 13.1. The molecule has 1 heterocycles. The molecule has 3 rings (SSSR count). The highest BCUT2D eigenvalue weighted by molar-refractivity contribution is 5.89. The molecule has 0 spiro atoms. The molecule has 27 heavy (non-hydrogen) atoms. The average molecular weight is 360 g/mol. The topological polar surface area (TPSA) is 59.4 Å². The Morgan fingerprint density at radius 3 is 2.07 bits per heavy atom. The van der Waals surface area contributed by atoms with Crippen molar-refractivity contribution >= 4 is 18.4 Å². The monoisotopic (exact) mass is 360 g/mol. The lowest BCUT2D eigenvalue weighted by atomic mass is 10.1. The normalized spacial score (nSPS) is 10.4. The maximum absolute atomic E-state index is 12.9. The molecule has 0 saturated carbocycles. The molecule has 3 aromatic rings. The minimum absolute atomic E-state index is 0.0143. The number of hydrogen-bond acceptors (Lipinski definition) is 3. The van der Waals surface area contributed by atoms with Gasteiger partial charge in [0.25, 0.3) is 5.56 Å². The van der Waals surface area contributed by atoms with Crippen LogP contribution in [0.3, 0.4) is 0 Å². The first-order valence-electron chi connectivity index (χ1n) is 8.63. The number of nitrogens with zero attached hydrogens (tertiary/aromatic N) is 2. The van der Waals surface area contributed by atoms with Gasteiger partial charge in [-0.2, -0.15) is 0 Å². The molecule has 5 nitrogen and oxygen atoms in total. The zero-order valence-corrected chi connectivity index (χ0v) is 15.0. The fourth-order valence-corrected chi connectivity index (χ4v) is 3.04. The van der Waals surface area contributed by atoms with Gasteiger partial charge in [-0.05, 0) is 24.1 Å². The summed E-state index contributed by atoms with van der Waals surface area (Å²) in [5.74, 6) is 0. The van der Waals surface area contributed by atoms with Crippen LogP contribution in [-0.2, 0) is 17.9 Å². The van der Waals surface area contributed by atoms with Crippen LogP contribution in [0.1, 0.15) is 27.2 Å². The molecule has 136 valence electrons. The lowest BCUT2D eigenvalue weighted by molar-refractivity contribution is -0.107. The van der Waals surface area contributed by atoms with Crippen molar-refractivity contribution in [1.29, 1.82) is 0 Å². The van der Waals surface area contributed by atoms with Crippen LogP contribution in [0.4, 0.5) is 5.69 Å². The molecular weight excluding hydrogens is 340 g/mol. The number of hydrogen-bond donors (Lipinski definition) is 0. The van der Waals surface area contributed by atoms with Crippen LogP contribution in [0.25, 0.3) is 0 Å². The van der Waals surface area contributed by atoms with Crippen LogP contribution in [0.2, 0.25) is 0 Å². The third kappa shape index (κ3) is 4.03. The number of carbonyl (C=O) groups is 2. The van der Waals surface area contributed by atoms with E-state index < -0.39 is 5.56 Å². The lowest BCUT2D eigenvalue weighted by Gasteiger charge is -2.21. The Morgan fingerprint density at radius 1 is 0.926 bits per heavy atom. The Kier molecular flexibility index (Phi) is 5.61. The second kappa shape index (κ2) is 8.27. The maximum Gasteiger partial charge on any atom is 0.263 e. The molecule has 0 N–H and O–H groups in total. The van der Waals surface area contributed by atoms with E-state index in [9.17, 15) is 14.4 Å². The SMILES string of the molecule is Cc1cc(N(C=O)Cc2ccccc2)c(C=O)c(=O)n1Cc1ccccc1. The molecular formula is C22H20N2O3. The Hall–Kier alpha value is -3.47. The summed E-state index contributed by atoms with van der Waals surface area (Å²) >= 11 is 0. The number of pyridine rings is 1. The largest absolute Gasteiger partial charge is 0.310 e. The second-order valence-corrected chi connectivity index (χ2v) is 6.30. The molecule has 5 heteroatoms. The number of aromatic nitrogens is 1. The summed E-state index contributed by atoms with van der Waals surface area (Å²) in [6.45, 7) is 2.45. The van der Waals surface area contributed by atoms with Crippen molar-refractivity contribution < 1.29 is 9.59 Å². The number of carbonyl (C=O) groups excluding carboxylic acids is 2. The number of amides is 1. The van der Waals surface area contributed by atoms with E-state index in [1.165, 1.54) is 4.90 Å². The number of aryl methyl sites for hydroxylation is 1. The molecule has 0 radical (unpaired) electrons. The fourth-order valence-electron chi connectivity index (χ4n) is 3.04. The Labute approximate surface area is 157 Å². The predicted molar refractivity (Wildman–Crippen MR) is 105 cm³/mol. The van der Waals surface area contributed by atoms with Crippen molar-refractivity contribution in [3.8, 4) is 0 Å². The summed E-state index contributed by atoms with van der Waals surface area (Å²) in [6, 6.07) is 20.7. The van der Waals surface area contributed by atoms with E-state index in [1.54, 1.807) is 17.6 Å². The quantitative estimate of drug-likeness (QED) is 0.608. The van der Waals surface area contributed by atoms with E-state index >= 15 is 0 Å². The average Bonchev–Trinajstić information content (AvgIpc) is 2.70. The Balaban J connectivity index is 2.02. The van der Waals surface area contributed by atoms with Crippen LogP contribution >= 0.6 is 0 Å². The van der Waals surface area contributed by atoms with E-state index in [0.717, 1.165) is 11.1 Å². The van der Waals surface area contributed by atoms with Gasteiger partial charge in [0.1, 0.15) is 5.56 Å². The van der Waals surface area contributed by atoms with Gasteiger partial charge in [-0.15, -0.1) is 0 Å². The lowest BCUT2D eigenvalue weighted by Crippen LogP contribution is -2.31. The van der Waals surface area contributed by atoms with Gasteiger partial charge >= 0.3 is 0 Å². The van der Waals surface area contributed by atoms with E-state index in [2.05, 4.69) is 0 Å². The van der Waals surface area contributed by atoms with Gasteiger partial charge in [0.05, 0.1) is 18.8 Å². The summed E-state index contributed by atoms with van der Waals surface area (Å²) in [5.41, 5.74) is 2.47. The van der Waals surface area contributed by atoms with Gasteiger partial charge in [0, 0.05) is 5.69 Å². The molecule has 0 bridgehead atoms. The summed E-state index contributed by atoms with van der Waals surface area (Å²) in [4.78, 5) is 37.7. The van der Waals surface area contributed by atoms with Crippen LogP contribution in [0.5, 0.6) is 0 Å². The van der Waals surface area contributed by atoms with Gasteiger partial charge in [0.2, 0.25) is 6.41 Å². The molecule has 0 saturated heterocycles. The first-order valence-corrected chi connectivity index (χ1v) is 8.63. The highest BCUT2D eigenvalue weighted by atomic mass is 16.1. The molecule has 1 aromatic heterocycles. The summed E-state index contributed by atoms with van der Waals surface area (Å²) < 4.78 is 1.55. The number of rotatable bonds is 7. The fraction of sp³-hybridized carbons (Fsp3) is 0.136. The van der Waals surface area contributed by atoms with Gasteiger partial charge in [-0.3, -0.25) is 14.4 Å². The van der Waals surface area contributed by atoms with Crippen LogP contribution < -0.4 is 10.5 Å². The van der Waals surface area contributed by atoms with Crippen molar-refractivity contribution in [3.63, 3.8) is 0 Å². The zero-order chi connectivity index (χ0) is 19.2. The van der Waals surface area contributed by atoms with E-state index in [4.69, 9.17) is 0 Å². The molecule has 0 aliphatic heterocycles. The van der Waals surface area contributed by atoms with E-state index in [0.29, 0.717) is 30.6 Å². The molecule has 2 aromatic carbocycles. The van der Waals surface area contributed by atoms with Crippen LogP contribution in [0.15, 0.2) is 71.5 Å².